The Bertz CT molecular complexity index is 795. The molecule has 1 aliphatic rings. The van der Waals surface area contributed by atoms with Crippen LogP contribution in [0.4, 0.5) is 5.82 Å². The first-order valence-corrected chi connectivity index (χ1v) is 9.19. The van der Waals surface area contributed by atoms with Gasteiger partial charge in [-0.05, 0) is 19.1 Å². The zero-order valence-electron chi connectivity index (χ0n) is 14.1. The molecule has 9 heteroatoms. The van der Waals surface area contributed by atoms with Crippen molar-refractivity contribution in [2.45, 2.75) is 6.92 Å². The summed E-state index contributed by atoms with van der Waals surface area (Å²) in [5.74, 6) is 2.33. The number of piperazine rings is 1. The molecule has 0 aromatic carbocycles. The lowest BCUT2D eigenvalue weighted by molar-refractivity contribution is 0.355. The minimum Gasteiger partial charge on any atom is -0.354 e. The van der Waals surface area contributed by atoms with Crippen molar-refractivity contribution in [2.75, 3.05) is 45.2 Å². The van der Waals surface area contributed by atoms with Crippen LogP contribution in [0.2, 0.25) is 0 Å². The summed E-state index contributed by atoms with van der Waals surface area (Å²) in [6, 6.07) is 5.83. The first-order valence-electron chi connectivity index (χ1n) is 7.79. The van der Waals surface area contributed by atoms with Gasteiger partial charge in [0.15, 0.2) is 0 Å². The summed E-state index contributed by atoms with van der Waals surface area (Å²) in [6.07, 6.45) is 3.88. The molecule has 0 spiro atoms. The van der Waals surface area contributed by atoms with E-state index in [1.807, 2.05) is 42.1 Å². The molecule has 0 bridgehead atoms. The first kappa shape index (κ1) is 16.9. The maximum Gasteiger partial charge on any atom is 0.281 e. The molecule has 3 heterocycles. The summed E-state index contributed by atoms with van der Waals surface area (Å²) in [7, 11) is -0.245. The Morgan fingerprint density at radius 2 is 1.58 bits per heavy atom. The molecular weight excluding hydrogens is 328 g/mol. The fourth-order valence-corrected chi connectivity index (χ4v) is 3.78. The molecule has 0 radical (unpaired) electrons. The molecule has 0 aliphatic carbocycles. The standard InChI is InChI=1S/C15H22N6O2S/c1-13-16-14(19-6-4-5-7-19)12-15(17-13)20-8-10-21(11-9-20)24(22,23)18(2)3/h4-7,12H,8-11H2,1-3H3. The number of rotatable bonds is 4. The molecule has 0 saturated carbocycles. The fraction of sp³-hybridized carbons (Fsp3) is 0.467. The van der Waals surface area contributed by atoms with Crippen molar-refractivity contribution in [3.05, 3.63) is 36.4 Å². The number of aryl methyl sites for hydroxylation is 1. The van der Waals surface area contributed by atoms with Crippen molar-refractivity contribution in [3.63, 3.8) is 0 Å². The van der Waals surface area contributed by atoms with Gasteiger partial charge in [-0.1, -0.05) is 0 Å². The van der Waals surface area contributed by atoms with E-state index < -0.39 is 10.2 Å². The van der Waals surface area contributed by atoms with Crippen molar-refractivity contribution < 1.29 is 8.42 Å². The highest BCUT2D eigenvalue weighted by atomic mass is 32.2. The maximum absolute atomic E-state index is 12.2. The van der Waals surface area contributed by atoms with Crippen LogP contribution in [0, 0.1) is 6.92 Å². The van der Waals surface area contributed by atoms with Gasteiger partial charge in [-0.25, -0.2) is 9.97 Å². The van der Waals surface area contributed by atoms with E-state index in [2.05, 4.69) is 14.9 Å². The zero-order chi connectivity index (χ0) is 17.3. The summed E-state index contributed by atoms with van der Waals surface area (Å²) in [6.45, 7) is 3.97. The number of anilines is 1. The first-order chi connectivity index (χ1) is 11.4. The number of aromatic nitrogens is 3. The van der Waals surface area contributed by atoms with Crippen LogP contribution >= 0.6 is 0 Å². The van der Waals surface area contributed by atoms with Crippen LogP contribution in [0.1, 0.15) is 5.82 Å². The Kier molecular flexibility index (Phi) is 4.57. The highest BCUT2D eigenvalue weighted by molar-refractivity contribution is 7.86. The molecule has 2 aromatic rings. The van der Waals surface area contributed by atoms with Crippen LogP contribution in [-0.2, 0) is 10.2 Å². The molecule has 1 fully saturated rings. The average molecular weight is 350 g/mol. The fourth-order valence-electron chi connectivity index (χ4n) is 2.70. The van der Waals surface area contributed by atoms with E-state index in [4.69, 9.17) is 0 Å². The van der Waals surface area contributed by atoms with Gasteiger partial charge in [0.25, 0.3) is 10.2 Å². The molecule has 24 heavy (non-hydrogen) atoms. The molecule has 0 atom stereocenters. The van der Waals surface area contributed by atoms with Gasteiger partial charge in [-0.2, -0.15) is 17.0 Å². The third-order valence-corrected chi connectivity index (χ3v) is 5.97. The van der Waals surface area contributed by atoms with Crippen LogP contribution in [0.5, 0.6) is 0 Å². The summed E-state index contributed by atoms with van der Waals surface area (Å²) in [5, 5.41) is 0. The maximum atomic E-state index is 12.2. The molecule has 0 unspecified atom stereocenters. The van der Waals surface area contributed by atoms with Gasteiger partial charge in [0.1, 0.15) is 17.5 Å². The van der Waals surface area contributed by atoms with Crippen LogP contribution in [0.3, 0.4) is 0 Å². The van der Waals surface area contributed by atoms with Crippen LogP contribution < -0.4 is 4.90 Å². The third kappa shape index (κ3) is 3.28. The predicted octanol–water partition coefficient (Wildman–Crippen LogP) is 0.504. The average Bonchev–Trinajstić information content (AvgIpc) is 3.09. The van der Waals surface area contributed by atoms with Crippen molar-refractivity contribution in [1.29, 1.82) is 0 Å². The number of nitrogens with zero attached hydrogens (tertiary/aromatic N) is 6. The lowest BCUT2D eigenvalue weighted by Crippen LogP contribution is -2.52. The lowest BCUT2D eigenvalue weighted by Gasteiger charge is -2.35. The largest absolute Gasteiger partial charge is 0.354 e. The molecule has 8 nitrogen and oxygen atoms in total. The molecule has 3 rings (SSSR count). The van der Waals surface area contributed by atoms with Gasteiger partial charge in [0.2, 0.25) is 0 Å². The summed E-state index contributed by atoms with van der Waals surface area (Å²) < 4.78 is 29.1. The van der Waals surface area contributed by atoms with Gasteiger partial charge < -0.3 is 9.47 Å². The lowest BCUT2D eigenvalue weighted by atomic mass is 10.3. The SMILES string of the molecule is Cc1nc(N2CCN(S(=O)(=O)N(C)C)CC2)cc(-n2cccc2)n1. The Labute approximate surface area is 142 Å². The monoisotopic (exact) mass is 350 g/mol. The van der Waals surface area contributed by atoms with E-state index in [9.17, 15) is 8.42 Å². The van der Waals surface area contributed by atoms with Crippen LogP contribution in [0.15, 0.2) is 30.6 Å². The predicted molar refractivity (Wildman–Crippen MR) is 92.5 cm³/mol. The minimum atomic E-state index is -3.35. The van der Waals surface area contributed by atoms with Crippen LogP contribution in [0.25, 0.3) is 5.82 Å². The Morgan fingerprint density at radius 1 is 1.00 bits per heavy atom. The topological polar surface area (TPSA) is 74.6 Å². The molecule has 0 amide bonds. The summed E-state index contributed by atoms with van der Waals surface area (Å²) in [4.78, 5) is 11.1. The molecule has 1 saturated heterocycles. The quantitative estimate of drug-likeness (QED) is 0.803. The second-order valence-corrected chi connectivity index (χ2v) is 8.04. The Morgan fingerprint density at radius 3 is 2.17 bits per heavy atom. The second-order valence-electron chi connectivity index (χ2n) is 5.90. The van der Waals surface area contributed by atoms with Crippen LogP contribution in [-0.4, -0.2) is 71.8 Å². The molecule has 0 N–H and O–H groups in total. The van der Waals surface area contributed by atoms with Crippen molar-refractivity contribution >= 4 is 16.0 Å². The van der Waals surface area contributed by atoms with E-state index in [-0.39, 0.29) is 0 Å². The van der Waals surface area contributed by atoms with E-state index in [1.165, 1.54) is 8.61 Å². The second kappa shape index (κ2) is 6.50. The zero-order valence-corrected chi connectivity index (χ0v) is 14.9. The van der Waals surface area contributed by atoms with Crippen molar-refractivity contribution in [1.82, 2.24) is 23.1 Å². The van der Waals surface area contributed by atoms with Gasteiger partial charge >= 0.3 is 0 Å². The highest BCUT2D eigenvalue weighted by Gasteiger charge is 2.29. The molecule has 130 valence electrons. The van der Waals surface area contributed by atoms with E-state index in [0.717, 1.165) is 11.6 Å². The minimum absolute atomic E-state index is 0.447. The van der Waals surface area contributed by atoms with Crippen molar-refractivity contribution in [2.24, 2.45) is 0 Å². The normalized spacial score (nSPS) is 16.8. The molecule has 1 aliphatic heterocycles. The molecule has 2 aromatic heterocycles. The van der Waals surface area contributed by atoms with Gasteiger partial charge in [0, 0.05) is 58.7 Å². The van der Waals surface area contributed by atoms with Crippen molar-refractivity contribution in [3.8, 4) is 5.82 Å². The van der Waals surface area contributed by atoms with E-state index in [1.54, 1.807) is 14.1 Å². The molecular formula is C15H22N6O2S. The summed E-state index contributed by atoms with van der Waals surface area (Å²) in [5.41, 5.74) is 0. The van der Waals surface area contributed by atoms with Gasteiger partial charge in [-0.3, -0.25) is 0 Å². The Balaban J connectivity index is 1.78. The number of hydrogen-bond acceptors (Lipinski definition) is 5. The smallest absolute Gasteiger partial charge is 0.281 e. The van der Waals surface area contributed by atoms with Gasteiger partial charge in [0.05, 0.1) is 0 Å². The summed E-state index contributed by atoms with van der Waals surface area (Å²) >= 11 is 0. The van der Waals surface area contributed by atoms with E-state index in [0.29, 0.717) is 32.0 Å². The van der Waals surface area contributed by atoms with Gasteiger partial charge in [-0.15, -0.1) is 0 Å². The number of hydrogen-bond donors (Lipinski definition) is 0. The highest BCUT2D eigenvalue weighted by Crippen LogP contribution is 2.19. The Hall–Kier alpha value is -1.97. The third-order valence-electron chi connectivity index (χ3n) is 4.03. The van der Waals surface area contributed by atoms with E-state index >= 15 is 0 Å².